The largest absolute Gasteiger partial charge is 0.466 e. The third-order valence-corrected chi connectivity index (χ3v) is 2.65. The maximum Gasteiger partial charge on any atom is 0.305 e. The highest BCUT2D eigenvalue weighted by atomic mass is 16.5. The number of nitrogens with zero attached hydrogens (tertiary/aromatic N) is 1. The number of aldehydes is 1. The van der Waals surface area contributed by atoms with Gasteiger partial charge in [0.05, 0.1) is 6.61 Å². The van der Waals surface area contributed by atoms with Crippen LogP contribution in [0.3, 0.4) is 0 Å². The van der Waals surface area contributed by atoms with Crippen LogP contribution in [-0.2, 0) is 9.53 Å². The van der Waals surface area contributed by atoms with Gasteiger partial charge in [-0.2, -0.15) is 0 Å². The highest BCUT2D eigenvalue weighted by Gasteiger charge is 2.04. The number of hydrogen-bond acceptors (Lipinski definition) is 4. The van der Waals surface area contributed by atoms with E-state index in [2.05, 4.69) is 0 Å². The van der Waals surface area contributed by atoms with Crippen LogP contribution in [0, 0.1) is 0 Å². The second-order valence-corrected chi connectivity index (χ2v) is 4.04. The summed E-state index contributed by atoms with van der Waals surface area (Å²) in [6, 6.07) is 7.36. The van der Waals surface area contributed by atoms with Gasteiger partial charge in [0, 0.05) is 31.3 Å². The molecule has 1 aromatic carbocycles. The molecule has 0 amide bonds. The molecule has 1 aromatic rings. The molecule has 0 unspecified atom stereocenters. The van der Waals surface area contributed by atoms with Crippen molar-refractivity contribution in [3.63, 3.8) is 0 Å². The van der Waals surface area contributed by atoms with Gasteiger partial charge in [0.2, 0.25) is 0 Å². The predicted octanol–water partition coefficient (Wildman–Crippen LogP) is 2.28. The predicted molar refractivity (Wildman–Crippen MR) is 71.0 cm³/mol. The fourth-order valence-corrected chi connectivity index (χ4v) is 1.63. The summed E-state index contributed by atoms with van der Waals surface area (Å²) in [4.78, 5) is 23.7. The van der Waals surface area contributed by atoms with E-state index in [1.165, 1.54) is 0 Å². The molecule has 4 heteroatoms. The Bertz CT molecular complexity index is 387. The van der Waals surface area contributed by atoms with Crippen LogP contribution in [0.2, 0.25) is 0 Å². The molecule has 4 nitrogen and oxygen atoms in total. The first kappa shape index (κ1) is 14.2. The molecule has 0 bridgehead atoms. The van der Waals surface area contributed by atoms with Crippen LogP contribution in [0.5, 0.6) is 0 Å². The van der Waals surface area contributed by atoms with Gasteiger partial charge in [-0.3, -0.25) is 9.59 Å². The molecule has 98 valence electrons. The van der Waals surface area contributed by atoms with E-state index >= 15 is 0 Å². The molecule has 0 heterocycles. The quantitative estimate of drug-likeness (QED) is 0.549. The maximum absolute atomic E-state index is 11.2. The van der Waals surface area contributed by atoms with Crippen molar-refractivity contribution >= 4 is 17.9 Å². The van der Waals surface area contributed by atoms with Crippen LogP contribution in [0.15, 0.2) is 24.3 Å². The van der Waals surface area contributed by atoms with E-state index in [0.29, 0.717) is 18.6 Å². The Morgan fingerprint density at radius 1 is 1.33 bits per heavy atom. The van der Waals surface area contributed by atoms with E-state index in [1.807, 2.05) is 24.1 Å². The van der Waals surface area contributed by atoms with Gasteiger partial charge in [-0.25, -0.2) is 0 Å². The maximum atomic E-state index is 11.2. The van der Waals surface area contributed by atoms with Crippen LogP contribution < -0.4 is 4.90 Å². The molecule has 0 radical (unpaired) electrons. The van der Waals surface area contributed by atoms with Crippen molar-refractivity contribution < 1.29 is 14.3 Å². The Kier molecular flexibility index (Phi) is 5.91. The monoisotopic (exact) mass is 249 g/mol. The van der Waals surface area contributed by atoms with E-state index in [1.54, 1.807) is 19.1 Å². The molecule has 0 aliphatic carbocycles. The minimum atomic E-state index is -0.151. The van der Waals surface area contributed by atoms with Crippen molar-refractivity contribution in [2.75, 3.05) is 25.1 Å². The molecule has 0 saturated carbocycles. The summed E-state index contributed by atoms with van der Waals surface area (Å²) in [5.74, 6) is -0.151. The number of anilines is 1. The van der Waals surface area contributed by atoms with Gasteiger partial charge < -0.3 is 9.64 Å². The number of esters is 1. The van der Waals surface area contributed by atoms with Crippen molar-refractivity contribution in [3.8, 4) is 0 Å². The molecule has 0 aliphatic heterocycles. The summed E-state index contributed by atoms with van der Waals surface area (Å²) in [5.41, 5.74) is 1.70. The second kappa shape index (κ2) is 7.48. The summed E-state index contributed by atoms with van der Waals surface area (Å²) in [5, 5.41) is 0. The van der Waals surface area contributed by atoms with Gasteiger partial charge in [0.1, 0.15) is 6.29 Å². The van der Waals surface area contributed by atoms with Gasteiger partial charge in [-0.05, 0) is 37.6 Å². The molecular formula is C14H19NO3. The molecule has 0 atom stereocenters. The second-order valence-electron chi connectivity index (χ2n) is 4.04. The zero-order valence-corrected chi connectivity index (χ0v) is 10.9. The van der Waals surface area contributed by atoms with Crippen molar-refractivity contribution in [1.82, 2.24) is 0 Å². The normalized spacial score (nSPS) is 9.89. The first-order valence-corrected chi connectivity index (χ1v) is 6.09. The molecule has 0 N–H and O–H groups in total. The number of carbonyl (C=O) groups is 2. The molecular weight excluding hydrogens is 230 g/mol. The fourth-order valence-electron chi connectivity index (χ4n) is 1.63. The number of benzene rings is 1. The molecule has 0 saturated heterocycles. The van der Waals surface area contributed by atoms with Gasteiger partial charge >= 0.3 is 5.97 Å². The lowest BCUT2D eigenvalue weighted by atomic mass is 10.2. The molecule has 18 heavy (non-hydrogen) atoms. The first-order chi connectivity index (χ1) is 8.67. The van der Waals surface area contributed by atoms with E-state index in [-0.39, 0.29) is 5.97 Å². The lowest BCUT2D eigenvalue weighted by Gasteiger charge is -2.19. The molecule has 0 fully saturated rings. The molecule has 1 rings (SSSR count). The number of carbonyl (C=O) groups excluding carboxylic acids is 2. The highest BCUT2D eigenvalue weighted by Crippen LogP contribution is 2.13. The Labute approximate surface area is 108 Å². The van der Waals surface area contributed by atoms with Gasteiger partial charge in [-0.1, -0.05) is 0 Å². The number of hydrogen-bond donors (Lipinski definition) is 0. The summed E-state index contributed by atoms with van der Waals surface area (Å²) >= 11 is 0. The van der Waals surface area contributed by atoms with Crippen LogP contribution in [0.4, 0.5) is 5.69 Å². The zero-order valence-electron chi connectivity index (χ0n) is 10.9. The van der Waals surface area contributed by atoms with Crippen LogP contribution >= 0.6 is 0 Å². The number of rotatable bonds is 7. The molecule has 0 aliphatic rings. The first-order valence-electron chi connectivity index (χ1n) is 6.09. The summed E-state index contributed by atoms with van der Waals surface area (Å²) in [7, 11) is 1.96. The van der Waals surface area contributed by atoms with Crippen molar-refractivity contribution in [2.45, 2.75) is 19.8 Å². The minimum Gasteiger partial charge on any atom is -0.466 e. The molecule has 0 spiro atoms. The van der Waals surface area contributed by atoms with Crippen molar-refractivity contribution in [1.29, 1.82) is 0 Å². The van der Waals surface area contributed by atoms with Gasteiger partial charge in [0.15, 0.2) is 0 Å². The van der Waals surface area contributed by atoms with E-state index < -0.39 is 0 Å². The summed E-state index contributed by atoms with van der Waals surface area (Å²) in [6.45, 7) is 3.01. The van der Waals surface area contributed by atoms with E-state index in [9.17, 15) is 9.59 Å². The zero-order chi connectivity index (χ0) is 13.4. The van der Waals surface area contributed by atoms with E-state index in [4.69, 9.17) is 4.74 Å². The molecule has 0 aromatic heterocycles. The Balaban J connectivity index is 2.37. The Morgan fingerprint density at radius 3 is 2.56 bits per heavy atom. The Morgan fingerprint density at radius 2 is 2.00 bits per heavy atom. The van der Waals surface area contributed by atoms with Crippen LogP contribution in [0.25, 0.3) is 0 Å². The van der Waals surface area contributed by atoms with Gasteiger partial charge in [0.25, 0.3) is 0 Å². The highest BCUT2D eigenvalue weighted by molar-refractivity contribution is 5.75. The average molecular weight is 249 g/mol. The third kappa shape index (κ3) is 4.57. The minimum absolute atomic E-state index is 0.151. The van der Waals surface area contributed by atoms with Crippen molar-refractivity contribution in [2.24, 2.45) is 0 Å². The number of ether oxygens (including phenoxy) is 1. The summed E-state index contributed by atoms with van der Waals surface area (Å²) in [6.07, 6.45) is 2.01. The third-order valence-electron chi connectivity index (χ3n) is 2.65. The standard InChI is InChI=1S/C14H19NO3/c1-3-18-14(17)5-4-10-15(2)13-8-6-12(11-16)7-9-13/h6-9,11H,3-5,10H2,1-2H3. The Hall–Kier alpha value is -1.84. The topological polar surface area (TPSA) is 46.6 Å². The van der Waals surface area contributed by atoms with Crippen molar-refractivity contribution in [3.05, 3.63) is 29.8 Å². The SMILES string of the molecule is CCOC(=O)CCCN(C)c1ccc(C=O)cc1. The van der Waals surface area contributed by atoms with Crippen LogP contribution in [0.1, 0.15) is 30.1 Å². The van der Waals surface area contributed by atoms with Gasteiger partial charge in [-0.15, -0.1) is 0 Å². The van der Waals surface area contributed by atoms with E-state index in [0.717, 1.165) is 24.9 Å². The smallest absolute Gasteiger partial charge is 0.305 e. The fraction of sp³-hybridized carbons (Fsp3) is 0.429. The van der Waals surface area contributed by atoms with Crippen LogP contribution in [-0.4, -0.2) is 32.5 Å². The summed E-state index contributed by atoms with van der Waals surface area (Å²) < 4.78 is 4.86. The lowest BCUT2D eigenvalue weighted by Crippen LogP contribution is -2.19. The lowest BCUT2D eigenvalue weighted by molar-refractivity contribution is -0.143. The average Bonchev–Trinajstić information content (AvgIpc) is 2.39.